The third-order valence-electron chi connectivity index (χ3n) is 5.87. The Bertz CT molecular complexity index is 1140. The fourth-order valence-electron chi connectivity index (χ4n) is 4.30. The van der Waals surface area contributed by atoms with E-state index >= 15 is 0 Å². The van der Waals surface area contributed by atoms with Gasteiger partial charge in [0, 0.05) is 21.6 Å². The number of aromatic amines is 1. The predicted octanol–water partition coefficient (Wildman–Crippen LogP) is 4.46. The van der Waals surface area contributed by atoms with Crippen molar-refractivity contribution in [3.63, 3.8) is 0 Å². The van der Waals surface area contributed by atoms with Crippen LogP contribution in [0.3, 0.4) is 0 Å². The van der Waals surface area contributed by atoms with Crippen LogP contribution in [0.4, 0.5) is 0 Å². The molecule has 1 aliphatic rings. The van der Waals surface area contributed by atoms with E-state index in [0.29, 0.717) is 22.0 Å². The van der Waals surface area contributed by atoms with Gasteiger partial charge in [-0.3, -0.25) is 4.79 Å². The van der Waals surface area contributed by atoms with Crippen LogP contribution in [0.15, 0.2) is 58.1 Å². The maximum atomic E-state index is 13.6. The number of halogens is 1. The van der Waals surface area contributed by atoms with Crippen molar-refractivity contribution in [2.24, 2.45) is 0 Å². The van der Waals surface area contributed by atoms with E-state index in [1.54, 1.807) is 24.3 Å². The van der Waals surface area contributed by atoms with Gasteiger partial charge < -0.3 is 4.98 Å². The van der Waals surface area contributed by atoms with Gasteiger partial charge in [-0.25, -0.2) is 9.36 Å². The third kappa shape index (κ3) is 2.67. The van der Waals surface area contributed by atoms with Gasteiger partial charge in [0.15, 0.2) is 0 Å². The molecule has 27 heavy (non-hydrogen) atoms. The topological polar surface area (TPSA) is 54.9 Å². The summed E-state index contributed by atoms with van der Waals surface area (Å²) in [5, 5.41) is 0.485. The van der Waals surface area contributed by atoms with E-state index < -0.39 is 5.69 Å². The fraction of sp³-hybridized carbons (Fsp3) is 0.273. The van der Waals surface area contributed by atoms with Crippen LogP contribution in [-0.4, -0.2) is 9.55 Å². The minimum atomic E-state index is -0.446. The van der Waals surface area contributed by atoms with E-state index in [1.165, 1.54) is 10.1 Å². The zero-order chi connectivity index (χ0) is 19.2. The normalized spacial score (nSPS) is 14.5. The average molecular weight is 381 g/mol. The van der Waals surface area contributed by atoms with Crippen LogP contribution >= 0.6 is 11.6 Å². The molecular weight excluding hydrogens is 360 g/mol. The Kier molecular flexibility index (Phi) is 4.31. The number of H-pyrrole nitrogens is 1. The number of benzene rings is 2. The zero-order valence-corrected chi connectivity index (χ0v) is 16.1. The highest BCUT2D eigenvalue weighted by molar-refractivity contribution is 6.30. The molecule has 1 heterocycles. The lowest BCUT2D eigenvalue weighted by Crippen LogP contribution is -2.45. The summed E-state index contributed by atoms with van der Waals surface area (Å²) < 4.78 is 1.21. The lowest BCUT2D eigenvalue weighted by Gasteiger charge is -2.38. The molecule has 3 aromatic rings. The highest BCUT2D eigenvalue weighted by Crippen LogP contribution is 2.44. The van der Waals surface area contributed by atoms with Crippen LogP contribution in [0.2, 0.25) is 5.02 Å². The van der Waals surface area contributed by atoms with Crippen molar-refractivity contribution in [1.82, 2.24) is 9.55 Å². The molecule has 0 radical (unpaired) electrons. The molecule has 0 saturated carbocycles. The quantitative estimate of drug-likeness (QED) is 0.729. The second-order valence-corrected chi connectivity index (χ2v) is 7.56. The molecule has 0 fully saturated rings. The Hall–Kier alpha value is -2.59. The molecule has 138 valence electrons. The Morgan fingerprint density at radius 2 is 1.81 bits per heavy atom. The summed E-state index contributed by atoms with van der Waals surface area (Å²) in [5.74, 6) is 0. The molecule has 0 unspecified atom stereocenters. The number of fused-ring (bicyclic) bond motifs is 3. The molecule has 1 aromatic heterocycles. The molecular formula is C22H21ClN2O2. The molecule has 0 spiro atoms. The van der Waals surface area contributed by atoms with E-state index in [1.807, 2.05) is 18.2 Å². The Balaban J connectivity index is 2.11. The summed E-state index contributed by atoms with van der Waals surface area (Å²) in [6.45, 7) is 4.21. The van der Waals surface area contributed by atoms with Crippen LogP contribution < -0.4 is 11.2 Å². The van der Waals surface area contributed by atoms with E-state index in [-0.39, 0.29) is 11.0 Å². The number of hydrogen-bond acceptors (Lipinski definition) is 2. The average Bonchev–Trinajstić information content (AvgIpc) is 2.67. The first kappa shape index (κ1) is 17.8. The molecule has 0 atom stereocenters. The summed E-state index contributed by atoms with van der Waals surface area (Å²) in [4.78, 5) is 29.5. The third-order valence-corrected chi connectivity index (χ3v) is 6.10. The minimum Gasteiger partial charge on any atom is -0.306 e. The first-order chi connectivity index (χ1) is 13.0. The molecule has 0 aliphatic heterocycles. The summed E-state index contributed by atoms with van der Waals surface area (Å²) in [6, 6.07) is 14.8. The number of rotatable bonds is 3. The van der Waals surface area contributed by atoms with Gasteiger partial charge in [0.05, 0.1) is 11.4 Å². The van der Waals surface area contributed by atoms with Crippen molar-refractivity contribution >= 4 is 11.6 Å². The Labute approximate surface area is 162 Å². The maximum Gasteiger partial charge on any atom is 0.333 e. The van der Waals surface area contributed by atoms with Crippen LogP contribution in [-0.2, 0) is 11.8 Å². The fourth-order valence-corrected chi connectivity index (χ4v) is 4.49. The van der Waals surface area contributed by atoms with Gasteiger partial charge >= 0.3 is 5.69 Å². The lowest BCUT2D eigenvalue weighted by molar-refractivity contribution is 0.381. The number of hydrogen-bond donors (Lipinski definition) is 1. The molecule has 1 aliphatic carbocycles. The predicted molar refractivity (Wildman–Crippen MR) is 109 cm³/mol. The summed E-state index contributed by atoms with van der Waals surface area (Å²) >= 11 is 6.09. The van der Waals surface area contributed by atoms with Crippen LogP contribution in [0.1, 0.15) is 37.8 Å². The molecule has 4 nitrogen and oxygen atoms in total. The van der Waals surface area contributed by atoms with Crippen LogP contribution in [0, 0.1) is 0 Å². The van der Waals surface area contributed by atoms with E-state index in [2.05, 4.69) is 24.9 Å². The smallest absolute Gasteiger partial charge is 0.306 e. The lowest BCUT2D eigenvalue weighted by atomic mass is 9.66. The number of aromatic nitrogens is 2. The summed E-state index contributed by atoms with van der Waals surface area (Å²) in [7, 11) is 0. The molecule has 4 rings (SSSR count). The van der Waals surface area contributed by atoms with Crippen LogP contribution in [0.25, 0.3) is 16.9 Å². The molecule has 5 heteroatoms. The van der Waals surface area contributed by atoms with E-state index in [4.69, 9.17) is 11.6 Å². The molecule has 1 N–H and O–H groups in total. The highest BCUT2D eigenvalue weighted by Gasteiger charge is 2.40. The molecule has 0 bridgehead atoms. The van der Waals surface area contributed by atoms with Gasteiger partial charge in [0.1, 0.15) is 0 Å². The van der Waals surface area contributed by atoms with Gasteiger partial charge in [0.25, 0.3) is 5.56 Å². The van der Waals surface area contributed by atoms with Crippen molar-refractivity contribution in [2.75, 3.05) is 0 Å². The highest BCUT2D eigenvalue weighted by atomic mass is 35.5. The second kappa shape index (κ2) is 6.54. The Morgan fingerprint density at radius 1 is 1.07 bits per heavy atom. The minimum absolute atomic E-state index is 0.255. The number of nitrogens with one attached hydrogen (secondary N) is 1. The first-order valence-electron chi connectivity index (χ1n) is 9.25. The number of nitrogens with zero attached hydrogens (tertiary/aromatic N) is 1. The monoisotopic (exact) mass is 380 g/mol. The van der Waals surface area contributed by atoms with Gasteiger partial charge in [-0.05, 0) is 43.0 Å². The summed E-state index contributed by atoms with van der Waals surface area (Å²) in [6.07, 6.45) is 2.43. The molecule has 0 saturated heterocycles. The van der Waals surface area contributed by atoms with Crippen molar-refractivity contribution in [3.05, 3.63) is 85.5 Å². The molecule has 2 aromatic carbocycles. The zero-order valence-electron chi connectivity index (χ0n) is 15.4. The Morgan fingerprint density at radius 3 is 2.52 bits per heavy atom. The standard InChI is InChI=1S/C22H21ClN2O2/c1-3-22(4-2)13-14-8-5-6-11-17(14)19-18(22)20(26)25(21(27)24-19)16-10-7-9-15(23)12-16/h5-12H,3-4,13H2,1-2H3,(H,24,27). The van der Waals surface area contributed by atoms with Gasteiger partial charge in [-0.2, -0.15) is 0 Å². The SMILES string of the molecule is CCC1(CC)Cc2ccccc2-c2[nH]c(=O)n(-c3cccc(Cl)c3)c(=O)c21. The van der Waals surface area contributed by atoms with Gasteiger partial charge in [-0.1, -0.05) is 55.8 Å². The van der Waals surface area contributed by atoms with Crippen LogP contribution in [0.5, 0.6) is 0 Å². The van der Waals surface area contributed by atoms with Crippen molar-refractivity contribution < 1.29 is 0 Å². The van der Waals surface area contributed by atoms with Gasteiger partial charge in [0.2, 0.25) is 0 Å². The first-order valence-corrected chi connectivity index (χ1v) is 9.62. The largest absolute Gasteiger partial charge is 0.333 e. The van der Waals surface area contributed by atoms with Crippen molar-refractivity contribution in [1.29, 1.82) is 0 Å². The molecule has 0 amide bonds. The van der Waals surface area contributed by atoms with E-state index in [0.717, 1.165) is 24.8 Å². The maximum absolute atomic E-state index is 13.6. The second-order valence-electron chi connectivity index (χ2n) is 7.12. The van der Waals surface area contributed by atoms with E-state index in [9.17, 15) is 9.59 Å². The summed E-state index contributed by atoms with van der Waals surface area (Å²) in [5.41, 5.74) is 2.96. The van der Waals surface area contributed by atoms with Crippen molar-refractivity contribution in [2.45, 2.75) is 38.5 Å². The van der Waals surface area contributed by atoms with Gasteiger partial charge in [-0.15, -0.1) is 0 Å². The van der Waals surface area contributed by atoms with Crippen molar-refractivity contribution in [3.8, 4) is 16.9 Å².